The molecular weight excluding hydrogens is 282 g/mol. The number of aromatic nitrogens is 1. The molecule has 6 nitrogen and oxygen atoms in total. The second-order valence-electron chi connectivity index (χ2n) is 5.03. The van der Waals surface area contributed by atoms with Crippen molar-refractivity contribution in [2.75, 3.05) is 33.9 Å². The first-order valence-electron chi connectivity index (χ1n) is 7.76. The van der Waals surface area contributed by atoms with E-state index in [4.69, 9.17) is 9.84 Å². The van der Waals surface area contributed by atoms with Gasteiger partial charge in [0.05, 0.1) is 7.11 Å². The molecule has 0 aromatic carbocycles. The van der Waals surface area contributed by atoms with Crippen molar-refractivity contribution in [1.82, 2.24) is 15.2 Å². The number of rotatable bonds is 5. The first-order valence-corrected chi connectivity index (χ1v) is 7.76. The van der Waals surface area contributed by atoms with Gasteiger partial charge < -0.3 is 15.2 Å². The number of ether oxygens (including phenoxy) is 1. The third-order valence-electron chi connectivity index (χ3n) is 3.65. The highest BCUT2D eigenvalue weighted by atomic mass is 16.5. The molecule has 0 radical (unpaired) electrons. The van der Waals surface area contributed by atoms with Gasteiger partial charge in [0.25, 0.3) is 5.91 Å². The molecule has 0 spiro atoms. The van der Waals surface area contributed by atoms with Gasteiger partial charge >= 0.3 is 0 Å². The van der Waals surface area contributed by atoms with E-state index in [-0.39, 0.29) is 12.5 Å². The molecule has 22 heavy (non-hydrogen) atoms. The summed E-state index contributed by atoms with van der Waals surface area (Å²) in [6.07, 6.45) is 2.71. The molecule has 2 rings (SSSR count). The first-order chi connectivity index (χ1) is 10.7. The minimum Gasteiger partial charge on any atom is -0.496 e. The summed E-state index contributed by atoms with van der Waals surface area (Å²) in [6, 6.07) is 1.66. The Hall–Kier alpha value is -1.66. The van der Waals surface area contributed by atoms with Crippen molar-refractivity contribution in [3.63, 3.8) is 0 Å². The maximum atomic E-state index is 11.6. The van der Waals surface area contributed by atoms with Crippen molar-refractivity contribution in [3.05, 3.63) is 23.5 Å². The molecule has 1 saturated heterocycles. The number of carbonyl (C=O) groups is 1. The van der Waals surface area contributed by atoms with Gasteiger partial charge in [-0.05, 0) is 18.9 Å². The molecule has 0 aliphatic carbocycles. The van der Waals surface area contributed by atoms with Crippen LogP contribution < -0.4 is 10.1 Å². The Morgan fingerprint density at radius 2 is 2.27 bits per heavy atom. The van der Waals surface area contributed by atoms with Crippen LogP contribution in [0.5, 0.6) is 5.75 Å². The van der Waals surface area contributed by atoms with Crippen molar-refractivity contribution in [3.8, 4) is 5.75 Å². The smallest absolute Gasteiger partial charge is 0.269 e. The summed E-state index contributed by atoms with van der Waals surface area (Å²) >= 11 is 0. The standard InChI is InChI=1S/C14H21N3O3.C2H6/c1-15-14(19)12-5-13(20-2)11(6-16-12)8-17-4-3-10(7-17)9-18;1-2/h5-6,10,18H,3-4,7-9H2,1-2H3,(H,15,19);1-2H3. The van der Waals surface area contributed by atoms with E-state index in [1.54, 1.807) is 26.4 Å². The molecule has 6 heteroatoms. The van der Waals surface area contributed by atoms with Gasteiger partial charge in [0, 0.05) is 44.6 Å². The van der Waals surface area contributed by atoms with E-state index < -0.39 is 0 Å². The minimum absolute atomic E-state index is 0.226. The van der Waals surface area contributed by atoms with Crippen LogP contribution in [0.2, 0.25) is 0 Å². The van der Waals surface area contributed by atoms with Crippen molar-refractivity contribution in [1.29, 1.82) is 0 Å². The summed E-state index contributed by atoms with van der Waals surface area (Å²) in [5.74, 6) is 0.807. The molecule has 1 amide bonds. The summed E-state index contributed by atoms with van der Waals surface area (Å²) in [5.41, 5.74) is 1.31. The largest absolute Gasteiger partial charge is 0.496 e. The number of nitrogens with one attached hydrogen (secondary N) is 1. The molecule has 2 heterocycles. The molecule has 1 fully saturated rings. The number of nitrogens with zero attached hydrogens (tertiary/aromatic N) is 2. The summed E-state index contributed by atoms with van der Waals surface area (Å²) in [5, 5.41) is 11.7. The molecule has 1 aliphatic rings. The highest BCUT2D eigenvalue weighted by molar-refractivity contribution is 5.92. The van der Waals surface area contributed by atoms with Crippen LogP contribution in [0.15, 0.2) is 12.3 Å². The molecule has 1 aliphatic heterocycles. The molecule has 1 aromatic heterocycles. The normalized spacial score (nSPS) is 17.6. The van der Waals surface area contributed by atoms with Gasteiger partial charge in [0.1, 0.15) is 11.4 Å². The Morgan fingerprint density at radius 3 is 2.82 bits per heavy atom. The summed E-state index contributed by atoms with van der Waals surface area (Å²) < 4.78 is 5.35. The van der Waals surface area contributed by atoms with Gasteiger partial charge in [-0.3, -0.25) is 14.7 Å². The lowest BCUT2D eigenvalue weighted by Gasteiger charge is -2.17. The lowest BCUT2D eigenvalue weighted by molar-refractivity contribution is 0.0957. The van der Waals surface area contributed by atoms with E-state index in [1.807, 2.05) is 13.8 Å². The van der Waals surface area contributed by atoms with E-state index in [9.17, 15) is 4.79 Å². The predicted octanol–water partition coefficient (Wildman–Crippen LogP) is 1.29. The zero-order valence-corrected chi connectivity index (χ0v) is 13.9. The topological polar surface area (TPSA) is 74.7 Å². The van der Waals surface area contributed by atoms with Crippen LogP contribution in [0, 0.1) is 5.92 Å². The van der Waals surface area contributed by atoms with E-state index in [1.165, 1.54) is 0 Å². The van der Waals surface area contributed by atoms with Crippen LogP contribution in [0.4, 0.5) is 0 Å². The Labute approximate surface area is 132 Å². The Kier molecular flexibility index (Phi) is 7.84. The van der Waals surface area contributed by atoms with Crippen LogP contribution in [0.3, 0.4) is 0 Å². The highest BCUT2D eigenvalue weighted by Crippen LogP contribution is 2.23. The number of hydrogen-bond donors (Lipinski definition) is 2. The second-order valence-corrected chi connectivity index (χ2v) is 5.03. The van der Waals surface area contributed by atoms with E-state index in [2.05, 4.69) is 15.2 Å². The first kappa shape index (κ1) is 18.4. The number of amides is 1. The fourth-order valence-corrected chi connectivity index (χ4v) is 2.47. The zero-order chi connectivity index (χ0) is 16.5. The molecular formula is C16H27N3O3. The lowest BCUT2D eigenvalue weighted by atomic mass is 10.1. The monoisotopic (exact) mass is 309 g/mol. The van der Waals surface area contributed by atoms with Crippen LogP contribution >= 0.6 is 0 Å². The van der Waals surface area contributed by atoms with Crippen molar-refractivity contribution >= 4 is 5.91 Å². The fourth-order valence-electron chi connectivity index (χ4n) is 2.47. The second kappa shape index (κ2) is 9.38. The number of likely N-dealkylation sites (tertiary alicyclic amines) is 1. The highest BCUT2D eigenvalue weighted by Gasteiger charge is 2.23. The van der Waals surface area contributed by atoms with Crippen LogP contribution in [0.25, 0.3) is 0 Å². The number of hydrogen-bond acceptors (Lipinski definition) is 5. The molecule has 1 aromatic rings. The Balaban J connectivity index is 0.00000116. The predicted molar refractivity (Wildman–Crippen MR) is 86.0 cm³/mol. The lowest BCUT2D eigenvalue weighted by Crippen LogP contribution is -2.22. The van der Waals surface area contributed by atoms with Crippen molar-refractivity contribution in [2.24, 2.45) is 5.92 Å². The molecule has 124 valence electrons. The summed E-state index contributed by atoms with van der Waals surface area (Å²) in [7, 11) is 3.16. The van der Waals surface area contributed by atoms with E-state index >= 15 is 0 Å². The maximum absolute atomic E-state index is 11.6. The van der Waals surface area contributed by atoms with Gasteiger partial charge in [0.2, 0.25) is 0 Å². The molecule has 1 unspecified atom stereocenters. The quantitative estimate of drug-likeness (QED) is 0.857. The Morgan fingerprint density at radius 1 is 1.55 bits per heavy atom. The molecule has 1 atom stereocenters. The Bertz CT molecular complexity index is 480. The van der Waals surface area contributed by atoms with Gasteiger partial charge in [-0.15, -0.1) is 0 Å². The number of aliphatic hydroxyl groups is 1. The van der Waals surface area contributed by atoms with Gasteiger partial charge in [0.15, 0.2) is 0 Å². The third kappa shape index (κ3) is 4.68. The SMILES string of the molecule is CC.CNC(=O)c1cc(OC)c(CN2CCC(CO)C2)cn1. The van der Waals surface area contributed by atoms with E-state index in [0.717, 1.165) is 31.6 Å². The minimum atomic E-state index is -0.226. The molecule has 2 N–H and O–H groups in total. The van der Waals surface area contributed by atoms with E-state index in [0.29, 0.717) is 17.4 Å². The van der Waals surface area contributed by atoms with Crippen molar-refractivity contribution in [2.45, 2.75) is 26.8 Å². The van der Waals surface area contributed by atoms with Crippen LogP contribution in [-0.2, 0) is 6.54 Å². The molecule has 0 saturated carbocycles. The fraction of sp³-hybridized carbons (Fsp3) is 0.625. The number of carbonyl (C=O) groups excluding carboxylic acids is 1. The average molecular weight is 309 g/mol. The zero-order valence-electron chi connectivity index (χ0n) is 13.9. The van der Waals surface area contributed by atoms with Crippen molar-refractivity contribution < 1.29 is 14.6 Å². The molecule has 0 bridgehead atoms. The number of aliphatic hydroxyl groups excluding tert-OH is 1. The number of methoxy groups -OCH3 is 1. The van der Waals surface area contributed by atoms with Crippen LogP contribution in [-0.4, -0.2) is 54.8 Å². The van der Waals surface area contributed by atoms with Gasteiger partial charge in [-0.25, -0.2) is 0 Å². The van der Waals surface area contributed by atoms with Gasteiger partial charge in [-0.2, -0.15) is 0 Å². The average Bonchev–Trinajstić information content (AvgIpc) is 3.04. The summed E-state index contributed by atoms with van der Waals surface area (Å²) in [6.45, 7) is 6.81. The third-order valence-corrected chi connectivity index (χ3v) is 3.65. The van der Waals surface area contributed by atoms with Crippen LogP contribution in [0.1, 0.15) is 36.3 Å². The van der Waals surface area contributed by atoms with Gasteiger partial charge in [-0.1, -0.05) is 13.8 Å². The summed E-state index contributed by atoms with van der Waals surface area (Å²) in [4.78, 5) is 18.0. The maximum Gasteiger partial charge on any atom is 0.269 e. The number of pyridine rings is 1.